The highest BCUT2D eigenvalue weighted by molar-refractivity contribution is 5.75. The number of carbonyl (C=O) groups is 1. The summed E-state index contributed by atoms with van der Waals surface area (Å²) in [6.45, 7) is 3.53. The summed E-state index contributed by atoms with van der Waals surface area (Å²) >= 11 is 0. The maximum absolute atomic E-state index is 12.7. The van der Waals surface area contributed by atoms with Gasteiger partial charge in [0, 0.05) is 44.1 Å². The largest absolute Gasteiger partial charge is 0.481 e. The Morgan fingerprint density at radius 3 is 3.07 bits per heavy atom. The van der Waals surface area contributed by atoms with E-state index in [-0.39, 0.29) is 11.9 Å². The lowest BCUT2D eigenvalue weighted by atomic mass is 10.1. The minimum Gasteiger partial charge on any atom is -0.481 e. The number of amides is 1. The van der Waals surface area contributed by atoms with Gasteiger partial charge in [0.25, 0.3) is 0 Å². The van der Waals surface area contributed by atoms with Crippen molar-refractivity contribution in [1.29, 1.82) is 0 Å². The average molecular weight is 371 g/mol. The Balaban J connectivity index is 1.48. The minimum atomic E-state index is -0.00978. The highest BCUT2D eigenvalue weighted by Gasteiger charge is 2.30. The Kier molecular flexibility index (Phi) is 5.35. The first-order chi connectivity index (χ1) is 13.2. The molecule has 0 N–H and O–H groups in total. The van der Waals surface area contributed by atoms with E-state index in [4.69, 9.17) is 9.57 Å². The number of methoxy groups -OCH3 is 1. The molecule has 2 aliphatic heterocycles. The average Bonchev–Trinajstić information content (AvgIpc) is 3.18. The van der Waals surface area contributed by atoms with Gasteiger partial charge in [-0.1, -0.05) is 6.07 Å². The molecular weight excluding hydrogens is 346 g/mol. The smallest absolute Gasteiger partial charge is 0.248 e. The van der Waals surface area contributed by atoms with Crippen LogP contribution in [0.15, 0.2) is 30.6 Å². The van der Waals surface area contributed by atoms with Crippen LogP contribution in [0.2, 0.25) is 0 Å². The van der Waals surface area contributed by atoms with E-state index in [1.54, 1.807) is 19.5 Å². The number of ether oxygens (including phenoxy) is 1. The third kappa shape index (κ3) is 3.96. The van der Waals surface area contributed by atoms with E-state index in [0.717, 1.165) is 37.2 Å². The number of pyridine rings is 1. The van der Waals surface area contributed by atoms with Gasteiger partial charge in [-0.3, -0.25) is 19.2 Å². The van der Waals surface area contributed by atoms with Crippen LogP contribution in [0, 0.1) is 0 Å². The van der Waals surface area contributed by atoms with Crippen molar-refractivity contribution in [3.05, 3.63) is 41.9 Å². The van der Waals surface area contributed by atoms with Crippen molar-refractivity contribution in [3.8, 4) is 5.88 Å². The summed E-state index contributed by atoms with van der Waals surface area (Å²) in [5, 5.41) is 5.98. The molecule has 144 valence electrons. The number of carbonyl (C=O) groups excluding carboxylic acids is 1. The van der Waals surface area contributed by atoms with Gasteiger partial charge in [0.05, 0.1) is 31.9 Å². The molecule has 2 aromatic heterocycles. The highest BCUT2D eigenvalue weighted by Crippen LogP contribution is 2.27. The molecule has 0 spiro atoms. The maximum atomic E-state index is 12.7. The van der Waals surface area contributed by atoms with Crippen LogP contribution in [-0.4, -0.2) is 57.4 Å². The van der Waals surface area contributed by atoms with E-state index in [1.165, 1.54) is 5.06 Å². The van der Waals surface area contributed by atoms with Crippen molar-refractivity contribution >= 4 is 5.91 Å². The van der Waals surface area contributed by atoms with Gasteiger partial charge in [0.1, 0.15) is 0 Å². The highest BCUT2D eigenvalue weighted by atomic mass is 16.7. The van der Waals surface area contributed by atoms with Crippen LogP contribution < -0.4 is 4.74 Å². The molecule has 1 saturated heterocycles. The Hall–Kier alpha value is -2.45. The number of rotatable bonds is 5. The zero-order chi connectivity index (χ0) is 18.6. The molecule has 0 aliphatic carbocycles. The van der Waals surface area contributed by atoms with E-state index in [9.17, 15) is 4.79 Å². The first-order valence-electron chi connectivity index (χ1n) is 9.40. The molecule has 8 nitrogen and oxygen atoms in total. The van der Waals surface area contributed by atoms with E-state index < -0.39 is 0 Å². The topological polar surface area (TPSA) is 72.7 Å². The Morgan fingerprint density at radius 2 is 2.26 bits per heavy atom. The fourth-order valence-electron chi connectivity index (χ4n) is 3.80. The third-order valence-corrected chi connectivity index (χ3v) is 5.08. The fourth-order valence-corrected chi connectivity index (χ4v) is 3.80. The third-order valence-electron chi connectivity index (χ3n) is 5.08. The number of hydrogen-bond acceptors (Lipinski definition) is 6. The summed E-state index contributed by atoms with van der Waals surface area (Å²) in [6.07, 6.45) is 5.93. The second-order valence-electron chi connectivity index (χ2n) is 7.00. The summed E-state index contributed by atoms with van der Waals surface area (Å²) in [4.78, 5) is 24.8. The molecule has 0 radical (unpaired) electrons. The summed E-state index contributed by atoms with van der Waals surface area (Å²) in [7, 11) is 1.64. The zero-order valence-corrected chi connectivity index (χ0v) is 15.6. The van der Waals surface area contributed by atoms with E-state index in [0.29, 0.717) is 32.0 Å². The van der Waals surface area contributed by atoms with Gasteiger partial charge < -0.3 is 4.74 Å². The summed E-state index contributed by atoms with van der Waals surface area (Å²) in [5.74, 6) is 0.674. The lowest BCUT2D eigenvalue weighted by Gasteiger charge is -2.35. The van der Waals surface area contributed by atoms with Crippen LogP contribution in [0.3, 0.4) is 0 Å². The van der Waals surface area contributed by atoms with Crippen LogP contribution in [0.5, 0.6) is 5.88 Å². The first kappa shape index (κ1) is 17.9. The van der Waals surface area contributed by atoms with E-state index in [2.05, 4.69) is 15.0 Å². The lowest BCUT2D eigenvalue weighted by Crippen LogP contribution is -2.42. The first-order valence-corrected chi connectivity index (χ1v) is 9.40. The normalized spacial score (nSPS) is 20.3. The standard InChI is InChI=1S/C19H25N5O3/c1-26-19-15(5-4-7-20-19)12-22-13-16-6-8-21-24(16)17(14-22)11-18(25)23-9-2-3-10-27-23/h4-8,17H,2-3,9-14H2,1H3. The van der Waals surface area contributed by atoms with Gasteiger partial charge in [-0.15, -0.1) is 0 Å². The van der Waals surface area contributed by atoms with Crippen molar-refractivity contribution < 1.29 is 14.4 Å². The van der Waals surface area contributed by atoms with Crippen LogP contribution in [0.4, 0.5) is 0 Å². The molecule has 1 atom stereocenters. The zero-order valence-electron chi connectivity index (χ0n) is 15.6. The van der Waals surface area contributed by atoms with Crippen molar-refractivity contribution in [2.24, 2.45) is 0 Å². The van der Waals surface area contributed by atoms with Crippen molar-refractivity contribution in [2.45, 2.75) is 38.4 Å². The molecule has 0 saturated carbocycles. The molecule has 4 rings (SSSR count). The predicted octanol–water partition coefficient (Wildman–Crippen LogP) is 1.79. The number of aromatic nitrogens is 3. The summed E-state index contributed by atoms with van der Waals surface area (Å²) in [6, 6.07) is 5.95. The minimum absolute atomic E-state index is 0.00978. The molecular formula is C19H25N5O3. The molecule has 2 aromatic rings. The van der Waals surface area contributed by atoms with Gasteiger partial charge in [-0.25, -0.2) is 10.0 Å². The summed E-state index contributed by atoms with van der Waals surface area (Å²) in [5.41, 5.74) is 2.15. The molecule has 1 unspecified atom stereocenters. The van der Waals surface area contributed by atoms with Crippen LogP contribution in [0.1, 0.15) is 36.6 Å². The molecule has 1 fully saturated rings. The number of fused-ring (bicyclic) bond motifs is 1. The van der Waals surface area contributed by atoms with Crippen molar-refractivity contribution in [2.75, 3.05) is 26.8 Å². The lowest BCUT2D eigenvalue weighted by molar-refractivity contribution is -0.198. The Bertz CT molecular complexity index is 787. The maximum Gasteiger partial charge on any atom is 0.248 e. The van der Waals surface area contributed by atoms with Crippen molar-refractivity contribution in [1.82, 2.24) is 24.7 Å². The van der Waals surface area contributed by atoms with Gasteiger partial charge in [0.2, 0.25) is 11.8 Å². The Labute approximate surface area is 158 Å². The predicted molar refractivity (Wildman–Crippen MR) is 97.7 cm³/mol. The van der Waals surface area contributed by atoms with E-state index in [1.807, 2.05) is 22.9 Å². The molecule has 2 aliphatic rings. The number of hydrogen-bond donors (Lipinski definition) is 0. The Morgan fingerprint density at radius 1 is 1.33 bits per heavy atom. The van der Waals surface area contributed by atoms with Gasteiger partial charge in [-0.05, 0) is 25.0 Å². The molecule has 0 aromatic carbocycles. The van der Waals surface area contributed by atoms with Crippen LogP contribution >= 0.6 is 0 Å². The van der Waals surface area contributed by atoms with Gasteiger partial charge in [-0.2, -0.15) is 5.10 Å². The second kappa shape index (κ2) is 8.06. The van der Waals surface area contributed by atoms with Gasteiger partial charge in [0.15, 0.2) is 0 Å². The number of nitrogens with zero attached hydrogens (tertiary/aromatic N) is 5. The molecule has 0 bridgehead atoms. The second-order valence-corrected chi connectivity index (χ2v) is 7.00. The van der Waals surface area contributed by atoms with Gasteiger partial charge >= 0.3 is 0 Å². The SMILES string of the molecule is COc1ncccc1CN1Cc2ccnn2C(CC(=O)N2CCCCO2)C1. The fraction of sp³-hybridized carbons (Fsp3) is 0.526. The quantitative estimate of drug-likeness (QED) is 0.798. The molecule has 8 heteroatoms. The molecule has 27 heavy (non-hydrogen) atoms. The summed E-state index contributed by atoms with van der Waals surface area (Å²) < 4.78 is 7.36. The number of hydroxylamine groups is 2. The monoisotopic (exact) mass is 371 g/mol. The van der Waals surface area contributed by atoms with E-state index >= 15 is 0 Å². The van der Waals surface area contributed by atoms with Crippen LogP contribution in [0.25, 0.3) is 0 Å². The van der Waals surface area contributed by atoms with Crippen LogP contribution in [-0.2, 0) is 22.7 Å². The van der Waals surface area contributed by atoms with Crippen molar-refractivity contribution in [3.63, 3.8) is 0 Å². The molecule has 4 heterocycles. The molecule has 1 amide bonds.